The van der Waals surface area contributed by atoms with Gasteiger partial charge < -0.3 is 14.5 Å². The summed E-state index contributed by atoms with van der Waals surface area (Å²) in [6.45, 7) is 7.25. The van der Waals surface area contributed by atoms with E-state index in [0.29, 0.717) is 0 Å². The Morgan fingerprint density at radius 2 is 2.10 bits per heavy atom. The molecule has 0 aliphatic heterocycles. The van der Waals surface area contributed by atoms with Gasteiger partial charge >= 0.3 is 0 Å². The van der Waals surface area contributed by atoms with Crippen molar-refractivity contribution in [2.24, 2.45) is 0 Å². The lowest BCUT2D eigenvalue weighted by atomic mass is 10.1. The zero-order chi connectivity index (χ0) is 15.5. The van der Waals surface area contributed by atoms with E-state index in [4.69, 9.17) is 9.15 Å². The maximum absolute atomic E-state index is 5.82. The lowest BCUT2D eigenvalue weighted by Gasteiger charge is -2.19. The number of aromatic nitrogens is 1. The fourth-order valence-electron chi connectivity index (χ4n) is 1.96. The zero-order valence-corrected chi connectivity index (χ0v) is 14.5. The Hall–Kier alpha value is -1.33. The molecule has 0 fully saturated rings. The highest BCUT2D eigenvalue weighted by molar-refractivity contribution is 9.10. The maximum atomic E-state index is 5.82. The summed E-state index contributed by atoms with van der Waals surface area (Å²) in [7, 11) is 1.65. The maximum Gasteiger partial charge on any atom is 0.196 e. The highest BCUT2D eigenvalue weighted by Gasteiger charge is 2.13. The third-order valence-electron chi connectivity index (χ3n) is 2.98. The van der Waals surface area contributed by atoms with Crippen molar-refractivity contribution in [3.05, 3.63) is 34.8 Å². The van der Waals surface area contributed by atoms with Gasteiger partial charge in [-0.15, -0.1) is 0 Å². The summed E-state index contributed by atoms with van der Waals surface area (Å²) in [4.78, 5) is 4.34. The molecule has 1 heterocycles. The van der Waals surface area contributed by atoms with Crippen LogP contribution in [0.25, 0.3) is 11.3 Å². The molecule has 1 aromatic heterocycles. The van der Waals surface area contributed by atoms with Crippen molar-refractivity contribution in [1.29, 1.82) is 0 Å². The van der Waals surface area contributed by atoms with Gasteiger partial charge in [0.1, 0.15) is 5.75 Å². The van der Waals surface area contributed by atoms with E-state index >= 15 is 0 Å². The highest BCUT2D eigenvalue weighted by Crippen LogP contribution is 2.32. The van der Waals surface area contributed by atoms with Gasteiger partial charge in [0.2, 0.25) is 0 Å². The lowest BCUT2D eigenvalue weighted by Crippen LogP contribution is -2.37. The number of nitrogens with one attached hydrogen (secondary N) is 1. The predicted molar refractivity (Wildman–Crippen MR) is 87.7 cm³/mol. The molecule has 2 rings (SSSR count). The topological polar surface area (TPSA) is 47.3 Å². The molecule has 1 N–H and O–H groups in total. The van der Waals surface area contributed by atoms with Crippen LogP contribution in [0.5, 0.6) is 5.75 Å². The van der Waals surface area contributed by atoms with Gasteiger partial charge in [0.05, 0.1) is 18.9 Å². The first-order chi connectivity index (χ1) is 9.89. The molecule has 5 heteroatoms. The first-order valence-electron chi connectivity index (χ1n) is 6.93. The minimum Gasteiger partial charge on any atom is -0.496 e. The fourth-order valence-corrected chi connectivity index (χ4v) is 2.30. The van der Waals surface area contributed by atoms with Gasteiger partial charge in [-0.2, -0.15) is 0 Å². The van der Waals surface area contributed by atoms with Gasteiger partial charge in [0, 0.05) is 23.0 Å². The van der Waals surface area contributed by atoms with E-state index in [-0.39, 0.29) is 5.54 Å². The largest absolute Gasteiger partial charge is 0.496 e. The lowest BCUT2D eigenvalue weighted by molar-refractivity contribution is 0.407. The molecule has 0 atom stereocenters. The average molecular weight is 353 g/mol. The van der Waals surface area contributed by atoms with E-state index in [2.05, 4.69) is 47.0 Å². The van der Waals surface area contributed by atoms with Crippen molar-refractivity contribution < 1.29 is 9.15 Å². The van der Waals surface area contributed by atoms with Gasteiger partial charge in [-0.1, -0.05) is 15.9 Å². The van der Waals surface area contributed by atoms with Crippen LogP contribution < -0.4 is 10.1 Å². The van der Waals surface area contributed by atoms with Crippen molar-refractivity contribution in [3.8, 4) is 17.1 Å². The van der Waals surface area contributed by atoms with Gasteiger partial charge in [-0.25, -0.2) is 4.98 Å². The Kier molecular flexibility index (Phi) is 5.06. The Balaban J connectivity index is 2.09. The highest BCUT2D eigenvalue weighted by atomic mass is 79.9. The van der Waals surface area contributed by atoms with Gasteiger partial charge in [0.25, 0.3) is 0 Å². The molecule has 0 radical (unpaired) electrons. The molecule has 0 spiro atoms. The van der Waals surface area contributed by atoms with Crippen LogP contribution in [0.1, 0.15) is 26.7 Å². The van der Waals surface area contributed by atoms with Gasteiger partial charge in [-0.3, -0.25) is 0 Å². The summed E-state index contributed by atoms with van der Waals surface area (Å²) in [6.07, 6.45) is 2.51. The van der Waals surface area contributed by atoms with E-state index in [1.165, 1.54) is 0 Å². The van der Waals surface area contributed by atoms with E-state index < -0.39 is 0 Å². The normalized spacial score (nSPS) is 11.7. The first-order valence-corrected chi connectivity index (χ1v) is 7.72. The predicted octanol–water partition coefficient (Wildman–Crippen LogP) is 4.04. The summed E-state index contributed by atoms with van der Waals surface area (Å²) in [6, 6.07) is 5.83. The quantitative estimate of drug-likeness (QED) is 0.881. The number of hydrogen-bond acceptors (Lipinski definition) is 4. The number of benzene rings is 1. The monoisotopic (exact) mass is 352 g/mol. The molecule has 0 aliphatic carbocycles. The first kappa shape index (κ1) is 16.0. The van der Waals surface area contributed by atoms with E-state index in [1.807, 2.05) is 18.2 Å². The van der Waals surface area contributed by atoms with E-state index in [0.717, 1.165) is 40.4 Å². The van der Waals surface area contributed by atoms with Crippen molar-refractivity contribution >= 4 is 15.9 Å². The van der Waals surface area contributed by atoms with Crippen LogP contribution >= 0.6 is 15.9 Å². The fraction of sp³-hybridized carbons (Fsp3) is 0.438. The number of oxazole rings is 1. The molecule has 114 valence electrons. The second-order valence-electron chi connectivity index (χ2n) is 5.89. The molecule has 2 aromatic rings. The van der Waals surface area contributed by atoms with Crippen molar-refractivity contribution in [3.63, 3.8) is 0 Å². The second kappa shape index (κ2) is 6.62. The summed E-state index contributed by atoms with van der Waals surface area (Å²) in [5.74, 6) is 2.22. The van der Waals surface area contributed by atoms with Crippen LogP contribution in [-0.2, 0) is 6.42 Å². The molecule has 1 aromatic carbocycles. The molecular weight excluding hydrogens is 332 g/mol. The Bertz CT molecular complexity index is 603. The average Bonchev–Trinajstić information content (AvgIpc) is 2.85. The smallest absolute Gasteiger partial charge is 0.196 e. The number of halogens is 1. The molecule has 0 bridgehead atoms. The summed E-state index contributed by atoms with van der Waals surface area (Å²) in [5, 5.41) is 3.42. The zero-order valence-electron chi connectivity index (χ0n) is 12.9. The number of nitrogens with zero attached hydrogens (tertiary/aromatic N) is 1. The van der Waals surface area contributed by atoms with Crippen molar-refractivity contribution in [2.45, 2.75) is 32.7 Å². The van der Waals surface area contributed by atoms with Crippen LogP contribution in [0.3, 0.4) is 0 Å². The van der Waals surface area contributed by atoms with E-state index in [9.17, 15) is 0 Å². The molecule has 0 amide bonds. The molecule has 21 heavy (non-hydrogen) atoms. The third kappa shape index (κ3) is 4.58. The molecular formula is C16H21BrN2O2. The molecule has 0 unspecified atom stereocenters. The van der Waals surface area contributed by atoms with Crippen molar-refractivity contribution in [2.75, 3.05) is 13.7 Å². The summed E-state index contributed by atoms with van der Waals surface area (Å²) < 4.78 is 12.2. The standard InChI is InChI=1S/C16H21BrN2O2/c1-16(2,3)19-8-7-15-18-10-14(21-15)12-6-5-11(17)9-13(12)20-4/h5-6,9-10,19H,7-8H2,1-4H3. The van der Waals surface area contributed by atoms with Crippen LogP contribution in [0.2, 0.25) is 0 Å². The van der Waals surface area contributed by atoms with Crippen LogP contribution in [0, 0.1) is 0 Å². The number of rotatable bonds is 5. The van der Waals surface area contributed by atoms with Gasteiger partial charge in [-0.05, 0) is 39.0 Å². The Morgan fingerprint density at radius 1 is 1.33 bits per heavy atom. The van der Waals surface area contributed by atoms with E-state index in [1.54, 1.807) is 13.3 Å². The number of hydrogen-bond donors (Lipinski definition) is 1. The van der Waals surface area contributed by atoms with Crippen LogP contribution in [0.15, 0.2) is 33.3 Å². The van der Waals surface area contributed by atoms with Crippen LogP contribution in [-0.4, -0.2) is 24.2 Å². The second-order valence-corrected chi connectivity index (χ2v) is 6.81. The van der Waals surface area contributed by atoms with Crippen LogP contribution in [0.4, 0.5) is 0 Å². The van der Waals surface area contributed by atoms with Gasteiger partial charge in [0.15, 0.2) is 11.7 Å². The minimum atomic E-state index is 0.102. The molecule has 0 aliphatic rings. The Labute approximate surface area is 134 Å². The SMILES string of the molecule is COc1cc(Br)ccc1-c1cnc(CCNC(C)(C)C)o1. The molecule has 0 saturated heterocycles. The summed E-state index contributed by atoms with van der Waals surface area (Å²) in [5.41, 5.74) is 1.01. The molecule has 0 saturated carbocycles. The Morgan fingerprint density at radius 3 is 2.76 bits per heavy atom. The third-order valence-corrected chi connectivity index (χ3v) is 3.47. The summed E-state index contributed by atoms with van der Waals surface area (Å²) >= 11 is 3.43. The molecule has 4 nitrogen and oxygen atoms in total. The minimum absolute atomic E-state index is 0.102. The number of ether oxygens (including phenoxy) is 1. The number of methoxy groups -OCH3 is 1. The van der Waals surface area contributed by atoms with Crippen molar-refractivity contribution in [1.82, 2.24) is 10.3 Å².